The van der Waals surface area contributed by atoms with Gasteiger partial charge in [-0.2, -0.15) is 0 Å². The van der Waals surface area contributed by atoms with E-state index < -0.39 is 11.9 Å². The second-order valence-corrected chi connectivity index (χ2v) is 6.99. The lowest BCUT2D eigenvalue weighted by Gasteiger charge is -2.33. The SMILES string of the molecule is COC(=O)C1=C(C)NC2=C(C(=O)c3ccccc3C2=O)C1c1ccc(C)cc1. The number of esters is 1. The summed E-state index contributed by atoms with van der Waals surface area (Å²) in [6.45, 7) is 3.68. The van der Waals surface area contributed by atoms with Crippen LogP contribution < -0.4 is 5.32 Å². The summed E-state index contributed by atoms with van der Waals surface area (Å²) in [5.41, 5.74) is 3.92. The third kappa shape index (κ3) is 2.59. The molecule has 1 heterocycles. The Kier molecular flexibility index (Phi) is 4.23. The van der Waals surface area contributed by atoms with Crippen molar-refractivity contribution < 1.29 is 19.1 Å². The summed E-state index contributed by atoms with van der Waals surface area (Å²) in [5.74, 6) is -1.70. The Morgan fingerprint density at radius 3 is 2.14 bits per heavy atom. The van der Waals surface area contributed by atoms with E-state index in [1.807, 2.05) is 31.2 Å². The summed E-state index contributed by atoms with van der Waals surface area (Å²) in [4.78, 5) is 39.1. The Labute approximate surface area is 162 Å². The lowest BCUT2D eigenvalue weighted by molar-refractivity contribution is -0.136. The number of carbonyl (C=O) groups is 3. The van der Waals surface area contributed by atoms with E-state index in [-0.39, 0.29) is 17.3 Å². The van der Waals surface area contributed by atoms with Gasteiger partial charge in [0.2, 0.25) is 5.78 Å². The third-order valence-electron chi connectivity index (χ3n) is 5.27. The number of aryl methyl sites for hydroxylation is 1. The van der Waals surface area contributed by atoms with Gasteiger partial charge in [0, 0.05) is 28.3 Å². The zero-order chi connectivity index (χ0) is 20.0. The molecule has 1 atom stereocenters. The van der Waals surface area contributed by atoms with Crippen molar-refractivity contribution in [3.63, 3.8) is 0 Å². The minimum absolute atomic E-state index is 0.236. The fourth-order valence-electron chi connectivity index (χ4n) is 3.88. The molecule has 1 aliphatic carbocycles. The molecule has 140 valence electrons. The number of methoxy groups -OCH3 is 1. The van der Waals surface area contributed by atoms with Crippen LogP contribution in [0.5, 0.6) is 0 Å². The Hall–Kier alpha value is -3.47. The highest BCUT2D eigenvalue weighted by atomic mass is 16.5. The second kappa shape index (κ2) is 6.60. The molecule has 4 rings (SSSR count). The summed E-state index contributed by atoms with van der Waals surface area (Å²) in [6, 6.07) is 14.4. The largest absolute Gasteiger partial charge is 0.466 e. The van der Waals surface area contributed by atoms with Crippen LogP contribution >= 0.6 is 0 Å². The van der Waals surface area contributed by atoms with Crippen molar-refractivity contribution in [2.75, 3.05) is 7.11 Å². The lowest BCUT2D eigenvalue weighted by Crippen LogP contribution is -2.38. The number of hydrogen-bond acceptors (Lipinski definition) is 5. The highest BCUT2D eigenvalue weighted by Crippen LogP contribution is 2.43. The van der Waals surface area contributed by atoms with Gasteiger partial charge >= 0.3 is 5.97 Å². The number of carbonyl (C=O) groups excluding carboxylic acids is 3. The maximum absolute atomic E-state index is 13.4. The van der Waals surface area contributed by atoms with Crippen LogP contribution in [0.4, 0.5) is 0 Å². The molecule has 2 aromatic rings. The van der Waals surface area contributed by atoms with E-state index in [1.54, 1.807) is 31.2 Å². The van der Waals surface area contributed by atoms with Gasteiger partial charge in [0.15, 0.2) is 5.78 Å². The first-order valence-corrected chi connectivity index (χ1v) is 8.99. The average Bonchev–Trinajstić information content (AvgIpc) is 2.71. The summed E-state index contributed by atoms with van der Waals surface area (Å²) in [5, 5.41) is 3.00. The van der Waals surface area contributed by atoms with Crippen LogP contribution in [0.3, 0.4) is 0 Å². The van der Waals surface area contributed by atoms with Gasteiger partial charge in [0.25, 0.3) is 0 Å². The number of allylic oxidation sites excluding steroid dienone is 3. The molecule has 28 heavy (non-hydrogen) atoms. The molecular formula is C23H19NO4. The van der Waals surface area contributed by atoms with Crippen LogP contribution in [0.25, 0.3) is 0 Å². The highest BCUT2D eigenvalue weighted by Gasteiger charge is 2.43. The van der Waals surface area contributed by atoms with E-state index in [9.17, 15) is 14.4 Å². The van der Waals surface area contributed by atoms with Gasteiger partial charge in [-0.05, 0) is 19.4 Å². The standard InChI is InChI=1S/C23H19NO4/c1-12-8-10-14(11-9-12)18-17(23(27)28-3)13(2)24-20-19(18)21(25)15-6-4-5-7-16(15)22(20)26/h4-11,18,24H,1-3H3. The molecule has 2 aromatic carbocycles. The second-order valence-electron chi connectivity index (χ2n) is 6.99. The van der Waals surface area contributed by atoms with E-state index in [0.29, 0.717) is 28.0 Å². The first-order valence-electron chi connectivity index (χ1n) is 8.99. The number of ketones is 2. The van der Waals surface area contributed by atoms with E-state index in [1.165, 1.54) is 7.11 Å². The van der Waals surface area contributed by atoms with Gasteiger partial charge in [-0.3, -0.25) is 9.59 Å². The molecule has 1 N–H and O–H groups in total. The zero-order valence-corrected chi connectivity index (χ0v) is 15.8. The molecule has 0 saturated carbocycles. The average molecular weight is 373 g/mol. The van der Waals surface area contributed by atoms with Gasteiger partial charge in [-0.15, -0.1) is 0 Å². The Bertz CT molecular complexity index is 1090. The van der Waals surface area contributed by atoms with Crippen molar-refractivity contribution in [1.29, 1.82) is 0 Å². The number of dihydropyridines is 1. The van der Waals surface area contributed by atoms with Crippen molar-refractivity contribution in [3.05, 3.63) is 93.3 Å². The zero-order valence-electron chi connectivity index (χ0n) is 15.8. The molecule has 5 heteroatoms. The predicted octanol–water partition coefficient (Wildman–Crippen LogP) is 3.46. The van der Waals surface area contributed by atoms with E-state index >= 15 is 0 Å². The molecule has 0 amide bonds. The number of ether oxygens (including phenoxy) is 1. The molecule has 5 nitrogen and oxygen atoms in total. The maximum Gasteiger partial charge on any atom is 0.336 e. The predicted molar refractivity (Wildman–Crippen MR) is 104 cm³/mol. The van der Waals surface area contributed by atoms with Crippen molar-refractivity contribution in [2.24, 2.45) is 0 Å². The third-order valence-corrected chi connectivity index (χ3v) is 5.27. The number of hydrogen-bond donors (Lipinski definition) is 1. The smallest absolute Gasteiger partial charge is 0.336 e. The van der Waals surface area contributed by atoms with Crippen LogP contribution in [0.15, 0.2) is 71.1 Å². The van der Waals surface area contributed by atoms with Gasteiger partial charge < -0.3 is 10.1 Å². The molecular weight excluding hydrogens is 354 g/mol. The van der Waals surface area contributed by atoms with Gasteiger partial charge in [-0.25, -0.2) is 4.79 Å². The van der Waals surface area contributed by atoms with Crippen LogP contribution in [-0.4, -0.2) is 24.6 Å². The Morgan fingerprint density at radius 1 is 0.929 bits per heavy atom. The maximum atomic E-state index is 13.4. The topological polar surface area (TPSA) is 72.5 Å². The number of Topliss-reactive ketones (excluding diaryl/α,β-unsaturated/α-hetero) is 2. The summed E-state index contributed by atoms with van der Waals surface area (Å²) >= 11 is 0. The van der Waals surface area contributed by atoms with Crippen LogP contribution in [0, 0.1) is 6.92 Å². The summed E-state index contributed by atoms with van der Waals surface area (Å²) in [6.07, 6.45) is 0. The van der Waals surface area contributed by atoms with Crippen LogP contribution in [0.2, 0.25) is 0 Å². The molecule has 2 aliphatic rings. The van der Waals surface area contributed by atoms with Gasteiger partial charge in [-0.1, -0.05) is 54.1 Å². The Balaban J connectivity index is 1.98. The summed E-state index contributed by atoms with van der Waals surface area (Å²) < 4.78 is 4.99. The highest BCUT2D eigenvalue weighted by molar-refractivity contribution is 6.28. The molecule has 0 spiro atoms. The molecule has 0 aromatic heterocycles. The van der Waals surface area contributed by atoms with Crippen molar-refractivity contribution in [1.82, 2.24) is 5.32 Å². The normalized spacial score (nSPS) is 18.5. The fourth-order valence-corrected chi connectivity index (χ4v) is 3.88. The molecule has 0 saturated heterocycles. The molecule has 0 bridgehead atoms. The summed E-state index contributed by atoms with van der Waals surface area (Å²) in [7, 11) is 1.31. The number of nitrogens with one attached hydrogen (secondary N) is 1. The Morgan fingerprint density at radius 2 is 1.54 bits per heavy atom. The van der Waals surface area contributed by atoms with Gasteiger partial charge in [0.1, 0.15) is 0 Å². The number of benzene rings is 2. The van der Waals surface area contributed by atoms with Crippen LogP contribution in [0.1, 0.15) is 44.7 Å². The minimum Gasteiger partial charge on any atom is -0.466 e. The molecule has 0 radical (unpaired) electrons. The number of rotatable bonds is 2. The molecule has 0 fully saturated rings. The quantitative estimate of drug-likeness (QED) is 0.816. The monoisotopic (exact) mass is 373 g/mol. The van der Waals surface area contributed by atoms with E-state index in [0.717, 1.165) is 11.1 Å². The van der Waals surface area contributed by atoms with E-state index in [4.69, 9.17) is 4.74 Å². The molecule has 1 aliphatic heterocycles. The van der Waals surface area contributed by atoms with Crippen molar-refractivity contribution in [3.8, 4) is 0 Å². The van der Waals surface area contributed by atoms with Gasteiger partial charge in [0.05, 0.1) is 18.4 Å². The minimum atomic E-state index is -0.672. The van der Waals surface area contributed by atoms with Crippen molar-refractivity contribution in [2.45, 2.75) is 19.8 Å². The van der Waals surface area contributed by atoms with Crippen LogP contribution in [-0.2, 0) is 9.53 Å². The van der Waals surface area contributed by atoms with E-state index in [2.05, 4.69) is 5.32 Å². The molecule has 1 unspecified atom stereocenters. The number of fused-ring (bicyclic) bond motifs is 1. The first kappa shape index (κ1) is 17.9. The fraction of sp³-hybridized carbons (Fsp3) is 0.174. The lowest BCUT2D eigenvalue weighted by atomic mass is 9.73. The van der Waals surface area contributed by atoms with Crippen molar-refractivity contribution >= 4 is 17.5 Å². The first-order chi connectivity index (χ1) is 13.4.